The van der Waals surface area contributed by atoms with Crippen LogP contribution in [0.5, 0.6) is 0 Å². The minimum absolute atomic E-state index is 0.116. The molecule has 0 unspecified atom stereocenters. The monoisotopic (exact) mass is 267 g/mol. The Balaban J connectivity index is 2.32. The van der Waals surface area contributed by atoms with E-state index in [-0.39, 0.29) is 19.1 Å². The van der Waals surface area contributed by atoms with Crippen LogP contribution < -0.4 is 5.32 Å². The molecule has 1 aromatic carbocycles. The van der Waals surface area contributed by atoms with Gasteiger partial charge in [0, 0.05) is 16.2 Å². The van der Waals surface area contributed by atoms with Crippen molar-refractivity contribution in [1.82, 2.24) is 5.32 Å². The molecule has 0 atom stereocenters. The number of carbonyl (C=O) groups is 2. The number of carbonyl (C=O) groups excluding carboxylic acids is 2. The van der Waals surface area contributed by atoms with Crippen LogP contribution in [0, 0.1) is 0 Å². The van der Waals surface area contributed by atoms with Gasteiger partial charge in [0.2, 0.25) is 0 Å². The molecule has 0 heterocycles. The van der Waals surface area contributed by atoms with Gasteiger partial charge in [-0.05, 0) is 31.2 Å². The minimum atomic E-state index is -0.462. The quantitative estimate of drug-likeness (QED) is 0.505. The molecule has 1 aromatic rings. The lowest BCUT2D eigenvalue weighted by atomic mass is 10.2. The first-order valence-electron chi connectivity index (χ1n) is 5.37. The summed E-state index contributed by atoms with van der Waals surface area (Å²) in [6.45, 7) is 5.38. The Morgan fingerprint density at radius 1 is 1.33 bits per heavy atom. The highest BCUT2D eigenvalue weighted by Gasteiger charge is 2.06. The van der Waals surface area contributed by atoms with Crippen LogP contribution in [0.25, 0.3) is 0 Å². The van der Waals surface area contributed by atoms with Gasteiger partial charge in [0.1, 0.15) is 6.61 Å². The van der Waals surface area contributed by atoms with Gasteiger partial charge in [-0.2, -0.15) is 0 Å². The number of rotatable bonds is 5. The third kappa shape index (κ3) is 4.59. The van der Waals surface area contributed by atoms with Crippen molar-refractivity contribution >= 4 is 23.5 Å². The van der Waals surface area contributed by atoms with Crippen LogP contribution in [-0.2, 0) is 9.53 Å². The molecular weight excluding hydrogens is 254 g/mol. The molecule has 0 spiro atoms. The zero-order chi connectivity index (χ0) is 13.5. The van der Waals surface area contributed by atoms with E-state index in [1.54, 1.807) is 31.2 Å². The van der Waals surface area contributed by atoms with Crippen molar-refractivity contribution in [3.05, 3.63) is 47.0 Å². The predicted molar refractivity (Wildman–Crippen MR) is 69.6 cm³/mol. The van der Waals surface area contributed by atoms with Crippen LogP contribution in [0.3, 0.4) is 0 Å². The Hall–Kier alpha value is -1.81. The van der Waals surface area contributed by atoms with E-state index in [0.29, 0.717) is 16.2 Å². The molecule has 18 heavy (non-hydrogen) atoms. The summed E-state index contributed by atoms with van der Waals surface area (Å²) >= 11 is 5.71. The number of esters is 1. The summed E-state index contributed by atoms with van der Waals surface area (Å²) < 4.78 is 4.83. The second-order valence-electron chi connectivity index (χ2n) is 3.68. The fourth-order valence-electron chi connectivity index (χ4n) is 1.13. The van der Waals surface area contributed by atoms with Crippen LogP contribution >= 0.6 is 11.6 Å². The van der Waals surface area contributed by atoms with Gasteiger partial charge in [0.15, 0.2) is 0 Å². The maximum Gasteiger partial charge on any atom is 0.333 e. The smallest absolute Gasteiger partial charge is 0.333 e. The largest absolute Gasteiger partial charge is 0.460 e. The van der Waals surface area contributed by atoms with E-state index in [9.17, 15) is 9.59 Å². The van der Waals surface area contributed by atoms with Crippen LogP contribution in [-0.4, -0.2) is 25.0 Å². The molecule has 0 aliphatic carbocycles. The Labute approximate surface area is 111 Å². The molecule has 1 amide bonds. The summed E-state index contributed by atoms with van der Waals surface area (Å²) in [5.41, 5.74) is 0.838. The molecule has 1 N–H and O–H groups in total. The molecule has 0 saturated carbocycles. The lowest BCUT2D eigenvalue weighted by Crippen LogP contribution is -2.28. The fourth-order valence-corrected chi connectivity index (χ4v) is 1.26. The Bertz CT molecular complexity index is 454. The maximum atomic E-state index is 11.6. The van der Waals surface area contributed by atoms with Crippen LogP contribution in [0.1, 0.15) is 17.3 Å². The molecule has 0 aliphatic heterocycles. The van der Waals surface area contributed by atoms with Crippen LogP contribution in [0.2, 0.25) is 5.02 Å². The molecule has 0 fully saturated rings. The van der Waals surface area contributed by atoms with Gasteiger partial charge < -0.3 is 10.1 Å². The second-order valence-corrected chi connectivity index (χ2v) is 4.12. The Kier molecular flexibility index (Phi) is 5.39. The van der Waals surface area contributed by atoms with E-state index in [1.807, 2.05) is 0 Å². The summed E-state index contributed by atoms with van der Waals surface area (Å²) in [5, 5.41) is 3.20. The number of halogens is 1. The van der Waals surface area contributed by atoms with E-state index < -0.39 is 5.97 Å². The average Bonchev–Trinajstić information content (AvgIpc) is 2.34. The van der Waals surface area contributed by atoms with Gasteiger partial charge in [-0.3, -0.25) is 4.79 Å². The zero-order valence-electron chi connectivity index (χ0n) is 10.0. The average molecular weight is 268 g/mol. The molecule has 0 saturated heterocycles. The molecule has 4 nitrogen and oxygen atoms in total. The van der Waals surface area contributed by atoms with Crippen molar-refractivity contribution < 1.29 is 14.3 Å². The number of amides is 1. The third-order valence-electron chi connectivity index (χ3n) is 2.08. The topological polar surface area (TPSA) is 55.4 Å². The summed E-state index contributed by atoms with van der Waals surface area (Å²) in [6.07, 6.45) is 0. The summed E-state index contributed by atoms with van der Waals surface area (Å²) in [5.74, 6) is -0.700. The Morgan fingerprint density at radius 2 is 1.94 bits per heavy atom. The minimum Gasteiger partial charge on any atom is -0.460 e. The second kappa shape index (κ2) is 6.81. The summed E-state index contributed by atoms with van der Waals surface area (Å²) in [7, 11) is 0. The highest BCUT2D eigenvalue weighted by atomic mass is 35.5. The van der Waals surface area contributed by atoms with Crippen molar-refractivity contribution in [2.24, 2.45) is 0 Å². The number of hydrogen-bond acceptors (Lipinski definition) is 3. The first kappa shape index (κ1) is 14.3. The standard InChI is InChI=1S/C13H14ClNO3/c1-9(2)13(17)18-8-7-15-12(16)10-3-5-11(14)6-4-10/h3-6H,1,7-8H2,2H3,(H,15,16). The van der Waals surface area contributed by atoms with Gasteiger partial charge >= 0.3 is 5.97 Å². The van der Waals surface area contributed by atoms with Gasteiger partial charge in [-0.25, -0.2) is 4.79 Å². The van der Waals surface area contributed by atoms with Crippen molar-refractivity contribution in [3.63, 3.8) is 0 Å². The van der Waals surface area contributed by atoms with E-state index in [1.165, 1.54) is 0 Å². The van der Waals surface area contributed by atoms with Crippen molar-refractivity contribution in [3.8, 4) is 0 Å². The van der Waals surface area contributed by atoms with E-state index in [0.717, 1.165) is 0 Å². The highest BCUT2D eigenvalue weighted by molar-refractivity contribution is 6.30. The number of ether oxygens (including phenoxy) is 1. The lowest BCUT2D eigenvalue weighted by Gasteiger charge is -2.06. The molecule has 5 heteroatoms. The SMILES string of the molecule is C=C(C)C(=O)OCCNC(=O)c1ccc(Cl)cc1. The molecule has 96 valence electrons. The van der Waals surface area contributed by atoms with E-state index in [2.05, 4.69) is 11.9 Å². The molecule has 1 rings (SSSR count). The maximum absolute atomic E-state index is 11.6. The molecule has 0 radical (unpaired) electrons. The zero-order valence-corrected chi connectivity index (χ0v) is 10.8. The molecule has 0 aromatic heterocycles. The first-order valence-corrected chi connectivity index (χ1v) is 5.75. The number of nitrogens with one attached hydrogen (secondary N) is 1. The summed E-state index contributed by atoms with van der Waals surface area (Å²) in [6, 6.07) is 6.52. The fraction of sp³-hybridized carbons (Fsp3) is 0.231. The molecular formula is C13H14ClNO3. The molecule has 0 bridgehead atoms. The number of benzene rings is 1. The van der Waals surface area contributed by atoms with Gasteiger partial charge in [0.05, 0.1) is 6.54 Å². The van der Waals surface area contributed by atoms with Gasteiger partial charge in [0.25, 0.3) is 5.91 Å². The molecule has 0 aliphatic rings. The van der Waals surface area contributed by atoms with Crippen molar-refractivity contribution in [2.45, 2.75) is 6.92 Å². The van der Waals surface area contributed by atoms with Crippen molar-refractivity contribution in [1.29, 1.82) is 0 Å². The number of hydrogen-bond donors (Lipinski definition) is 1. The predicted octanol–water partition coefficient (Wildman–Crippen LogP) is 2.19. The lowest BCUT2D eigenvalue weighted by molar-refractivity contribution is -0.138. The van der Waals surface area contributed by atoms with Gasteiger partial charge in [-0.1, -0.05) is 18.2 Å². The highest BCUT2D eigenvalue weighted by Crippen LogP contribution is 2.09. The van der Waals surface area contributed by atoms with Crippen molar-refractivity contribution in [2.75, 3.05) is 13.2 Å². The normalized spacial score (nSPS) is 9.67. The first-order chi connectivity index (χ1) is 8.50. The van der Waals surface area contributed by atoms with E-state index >= 15 is 0 Å². The summed E-state index contributed by atoms with van der Waals surface area (Å²) in [4.78, 5) is 22.7. The third-order valence-corrected chi connectivity index (χ3v) is 2.33. The van der Waals surface area contributed by atoms with Crippen LogP contribution in [0.4, 0.5) is 0 Å². The van der Waals surface area contributed by atoms with Gasteiger partial charge in [-0.15, -0.1) is 0 Å². The Morgan fingerprint density at radius 3 is 2.50 bits per heavy atom. The van der Waals surface area contributed by atoms with E-state index in [4.69, 9.17) is 16.3 Å². The van der Waals surface area contributed by atoms with Crippen LogP contribution in [0.15, 0.2) is 36.4 Å².